The Morgan fingerprint density at radius 3 is 2.84 bits per heavy atom. The van der Waals surface area contributed by atoms with Gasteiger partial charge in [0.1, 0.15) is 0 Å². The van der Waals surface area contributed by atoms with Crippen LogP contribution in [0.15, 0.2) is 30.3 Å². The van der Waals surface area contributed by atoms with Crippen molar-refractivity contribution >= 4 is 11.6 Å². The van der Waals surface area contributed by atoms with Crippen molar-refractivity contribution in [1.82, 2.24) is 4.90 Å². The van der Waals surface area contributed by atoms with Gasteiger partial charge >= 0.3 is 0 Å². The van der Waals surface area contributed by atoms with Gasteiger partial charge in [0, 0.05) is 11.7 Å². The fourth-order valence-electron chi connectivity index (χ4n) is 2.67. The largest absolute Gasteiger partial charge is 0.392 e. The van der Waals surface area contributed by atoms with Gasteiger partial charge in [0.15, 0.2) is 0 Å². The van der Waals surface area contributed by atoms with E-state index >= 15 is 0 Å². The van der Waals surface area contributed by atoms with Crippen LogP contribution < -0.4 is 5.32 Å². The summed E-state index contributed by atoms with van der Waals surface area (Å²) in [5, 5.41) is 12.7. The predicted octanol–water partition coefficient (Wildman–Crippen LogP) is 1.86. The second-order valence-electron chi connectivity index (χ2n) is 5.19. The number of nitrogens with zero attached hydrogens (tertiary/aromatic N) is 1. The van der Waals surface area contributed by atoms with Gasteiger partial charge < -0.3 is 10.4 Å². The Labute approximate surface area is 114 Å². The number of rotatable bonds is 4. The number of aliphatic hydroxyl groups excluding tert-OH is 1. The molecule has 104 valence electrons. The van der Waals surface area contributed by atoms with Gasteiger partial charge in [-0.1, -0.05) is 24.6 Å². The first-order chi connectivity index (χ1) is 9.16. The van der Waals surface area contributed by atoms with Crippen molar-refractivity contribution in [2.75, 3.05) is 18.4 Å². The molecular formula is C15H22N2O2. The number of para-hydroxylation sites is 1. The molecule has 1 saturated heterocycles. The van der Waals surface area contributed by atoms with Crippen LogP contribution in [0.25, 0.3) is 0 Å². The Morgan fingerprint density at radius 2 is 2.16 bits per heavy atom. The number of carbonyl (C=O) groups excluding carboxylic acids is 1. The molecule has 0 aliphatic carbocycles. The van der Waals surface area contributed by atoms with E-state index in [0.29, 0.717) is 6.54 Å². The maximum atomic E-state index is 12.0. The number of carbonyl (C=O) groups is 1. The molecule has 1 aromatic carbocycles. The molecule has 0 bridgehead atoms. The minimum Gasteiger partial charge on any atom is -0.392 e. The lowest BCUT2D eigenvalue weighted by Crippen LogP contribution is -2.48. The predicted molar refractivity (Wildman–Crippen MR) is 76.0 cm³/mol. The highest BCUT2D eigenvalue weighted by atomic mass is 16.3. The first kappa shape index (κ1) is 14.0. The van der Waals surface area contributed by atoms with Gasteiger partial charge in [0.2, 0.25) is 5.91 Å². The van der Waals surface area contributed by atoms with Crippen LogP contribution >= 0.6 is 0 Å². The summed E-state index contributed by atoms with van der Waals surface area (Å²) in [4.78, 5) is 14.1. The van der Waals surface area contributed by atoms with Crippen molar-refractivity contribution < 1.29 is 9.90 Å². The molecule has 0 spiro atoms. The Hall–Kier alpha value is -1.39. The minimum atomic E-state index is -0.384. The maximum Gasteiger partial charge on any atom is 0.238 e. The van der Waals surface area contributed by atoms with Gasteiger partial charge in [-0.3, -0.25) is 9.69 Å². The summed E-state index contributed by atoms with van der Waals surface area (Å²) < 4.78 is 0. The molecule has 0 aromatic heterocycles. The molecule has 19 heavy (non-hydrogen) atoms. The number of nitrogens with one attached hydrogen (secondary N) is 1. The number of piperidine rings is 1. The van der Waals surface area contributed by atoms with E-state index in [1.165, 1.54) is 0 Å². The van der Waals surface area contributed by atoms with E-state index < -0.39 is 0 Å². The lowest BCUT2D eigenvalue weighted by atomic mass is 9.98. The lowest BCUT2D eigenvalue weighted by Gasteiger charge is -2.36. The topological polar surface area (TPSA) is 52.6 Å². The van der Waals surface area contributed by atoms with Gasteiger partial charge in [0.25, 0.3) is 0 Å². The molecule has 2 atom stereocenters. The van der Waals surface area contributed by atoms with Gasteiger partial charge in [0.05, 0.1) is 12.6 Å². The Morgan fingerprint density at radius 1 is 1.42 bits per heavy atom. The van der Waals surface area contributed by atoms with Crippen LogP contribution in [0.1, 0.15) is 26.2 Å². The van der Waals surface area contributed by atoms with Crippen LogP contribution in [-0.4, -0.2) is 41.1 Å². The van der Waals surface area contributed by atoms with Crippen LogP contribution in [0.2, 0.25) is 0 Å². The smallest absolute Gasteiger partial charge is 0.238 e. The first-order valence-corrected chi connectivity index (χ1v) is 6.94. The van der Waals surface area contributed by atoms with Crippen molar-refractivity contribution in [3.8, 4) is 0 Å². The lowest BCUT2D eigenvalue weighted by molar-refractivity contribution is -0.118. The molecule has 0 radical (unpaired) electrons. The van der Waals surface area contributed by atoms with Gasteiger partial charge in [-0.15, -0.1) is 0 Å². The van der Waals surface area contributed by atoms with E-state index in [9.17, 15) is 9.90 Å². The number of benzene rings is 1. The number of aliphatic hydroxyl groups is 1. The summed E-state index contributed by atoms with van der Waals surface area (Å²) in [6.45, 7) is 3.04. The molecular weight excluding hydrogens is 240 g/mol. The molecule has 1 amide bonds. The van der Waals surface area contributed by atoms with E-state index in [2.05, 4.69) is 10.2 Å². The molecule has 4 heteroatoms. The fraction of sp³-hybridized carbons (Fsp3) is 0.533. The van der Waals surface area contributed by atoms with Crippen LogP contribution in [0, 0.1) is 0 Å². The van der Waals surface area contributed by atoms with Crippen molar-refractivity contribution in [2.45, 2.75) is 38.3 Å². The zero-order valence-electron chi connectivity index (χ0n) is 11.4. The second-order valence-corrected chi connectivity index (χ2v) is 5.19. The average Bonchev–Trinajstić information content (AvgIpc) is 2.40. The summed E-state index contributed by atoms with van der Waals surface area (Å²) in [5.41, 5.74) is 0.818. The number of amides is 1. The third kappa shape index (κ3) is 4.04. The minimum absolute atomic E-state index is 0.0150. The standard InChI is InChI=1S/C15H22N2O2/c1-12(18)14-9-5-6-10-17(14)11-15(19)16-13-7-3-2-4-8-13/h2-4,7-8,12,14,18H,5-6,9-11H2,1H3,(H,16,19). The van der Waals surface area contributed by atoms with Crippen LogP contribution in [0.3, 0.4) is 0 Å². The molecule has 4 nitrogen and oxygen atoms in total. The Bertz CT molecular complexity index is 406. The molecule has 0 saturated carbocycles. The van der Waals surface area contributed by atoms with E-state index in [-0.39, 0.29) is 18.1 Å². The third-order valence-electron chi connectivity index (χ3n) is 3.63. The summed E-state index contributed by atoms with van der Waals surface area (Å²) in [5.74, 6) is -0.0150. The highest BCUT2D eigenvalue weighted by molar-refractivity contribution is 5.92. The van der Waals surface area contributed by atoms with Crippen molar-refractivity contribution in [2.24, 2.45) is 0 Å². The average molecular weight is 262 g/mol. The van der Waals surface area contributed by atoms with Gasteiger partial charge in [-0.25, -0.2) is 0 Å². The van der Waals surface area contributed by atoms with Crippen LogP contribution in [-0.2, 0) is 4.79 Å². The first-order valence-electron chi connectivity index (χ1n) is 6.94. The highest BCUT2D eigenvalue weighted by Gasteiger charge is 2.27. The van der Waals surface area contributed by atoms with Crippen LogP contribution in [0.4, 0.5) is 5.69 Å². The molecule has 2 N–H and O–H groups in total. The van der Waals surface area contributed by atoms with E-state index in [4.69, 9.17) is 0 Å². The van der Waals surface area contributed by atoms with E-state index in [0.717, 1.165) is 31.5 Å². The molecule has 1 heterocycles. The number of anilines is 1. The van der Waals surface area contributed by atoms with Crippen molar-refractivity contribution in [3.63, 3.8) is 0 Å². The zero-order valence-corrected chi connectivity index (χ0v) is 11.4. The highest BCUT2D eigenvalue weighted by Crippen LogP contribution is 2.19. The molecule has 1 aromatic rings. The molecule has 1 fully saturated rings. The van der Waals surface area contributed by atoms with Gasteiger partial charge in [-0.05, 0) is 38.4 Å². The van der Waals surface area contributed by atoms with Crippen molar-refractivity contribution in [3.05, 3.63) is 30.3 Å². The summed E-state index contributed by atoms with van der Waals surface area (Å²) >= 11 is 0. The van der Waals surface area contributed by atoms with E-state index in [1.54, 1.807) is 6.92 Å². The van der Waals surface area contributed by atoms with Crippen molar-refractivity contribution in [1.29, 1.82) is 0 Å². The number of likely N-dealkylation sites (tertiary alicyclic amines) is 1. The summed E-state index contributed by atoms with van der Waals surface area (Å²) in [7, 11) is 0. The Kier molecular flexibility index (Phi) is 4.93. The summed E-state index contributed by atoms with van der Waals surface area (Å²) in [6.07, 6.45) is 2.81. The molecule has 2 unspecified atom stereocenters. The SMILES string of the molecule is CC(O)C1CCCCN1CC(=O)Nc1ccccc1. The molecule has 2 rings (SSSR count). The molecule has 1 aliphatic heterocycles. The number of hydrogen-bond donors (Lipinski definition) is 2. The monoisotopic (exact) mass is 262 g/mol. The maximum absolute atomic E-state index is 12.0. The van der Waals surface area contributed by atoms with Gasteiger partial charge in [-0.2, -0.15) is 0 Å². The quantitative estimate of drug-likeness (QED) is 0.871. The molecule has 1 aliphatic rings. The normalized spacial score (nSPS) is 21.9. The third-order valence-corrected chi connectivity index (χ3v) is 3.63. The fourth-order valence-corrected chi connectivity index (χ4v) is 2.67. The zero-order chi connectivity index (χ0) is 13.7. The second kappa shape index (κ2) is 6.68. The summed E-state index contributed by atoms with van der Waals surface area (Å²) in [6, 6.07) is 9.57. The van der Waals surface area contributed by atoms with E-state index in [1.807, 2.05) is 30.3 Å². The Balaban J connectivity index is 1.90. The van der Waals surface area contributed by atoms with Crippen LogP contribution in [0.5, 0.6) is 0 Å². The number of hydrogen-bond acceptors (Lipinski definition) is 3.